The first-order chi connectivity index (χ1) is 8.64. The molecule has 19 heavy (non-hydrogen) atoms. The molecule has 1 aliphatic heterocycles. The van der Waals surface area contributed by atoms with Crippen molar-refractivity contribution < 1.29 is 14.3 Å². The van der Waals surface area contributed by atoms with Crippen LogP contribution in [0.5, 0.6) is 0 Å². The van der Waals surface area contributed by atoms with Gasteiger partial charge < -0.3 is 19.7 Å². The third kappa shape index (κ3) is 5.37. The normalized spacial score (nSPS) is 21.4. The summed E-state index contributed by atoms with van der Waals surface area (Å²) in [4.78, 5) is 14.1. The second-order valence-electron chi connectivity index (χ2n) is 6.70. The van der Waals surface area contributed by atoms with Crippen LogP contribution in [0.2, 0.25) is 0 Å². The average molecular weight is 272 g/mol. The van der Waals surface area contributed by atoms with Gasteiger partial charge in [-0.3, -0.25) is 0 Å². The first-order valence-corrected chi connectivity index (χ1v) is 6.90. The number of rotatable bonds is 3. The Balaban J connectivity index is 2.70. The van der Waals surface area contributed by atoms with Gasteiger partial charge in [-0.15, -0.1) is 0 Å². The average Bonchev–Trinajstić information content (AvgIpc) is 2.27. The molecule has 0 aliphatic carbocycles. The third-order valence-electron chi connectivity index (χ3n) is 3.26. The highest BCUT2D eigenvalue weighted by atomic mass is 16.6. The number of methoxy groups -OCH3 is 1. The zero-order valence-electron chi connectivity index (χ0n) is 13.1. The highest BCUT2D eigenvalue weighted by Crippen LogP contribution is 2.22. The van der Waals surface area contributed by atoms with Crippen molar-refractivity contribution in [1.82, 2.24) is 10.2 Å². The fourth-order valence-electron chi connectivity index (χ4n) is 2.16. The minimum absolute atomic E-state index is 0.110. The first-order valence-electron chi connectivity index (χ1n) is 6.90. The van der Waals surface area contributed by atoms with Crippen molar-refractivity contribution in [2.24, 2.45) is 0 Å². The Morgan fingerprint density at radius 2 is 1.95 bits per heavy atom. The van der Waals surface area contributed by atoms with Crippen LogP contribution in [-0.2, 0) is 9.47 Å². The molecule has 1 aliphatic rings. The number of nitrogens with zero attached hydrogens (tertiary/aromatic N) is 1. The maximum atomic E-state index is 12.2. The lowest BCUT2D eigenvalue weighted by Crippen LogP contribution is -2.56. The number of hydrogen-bond acceptors (Lipinski definition) is 4. The summed E-state index contributed by atoms with van der Waals surface area (Å²) in [5.41, 5.74) is -0.701. The van der Waals surface area contributed by atoms with Gasteiger partial charge in [0.15, 0.2) is 0 Å². The lowest BCUT2D eigenvalue weighted by molar-refractivity contribution is -0.0241. The number of amides is 1. The lowest BCUT2D eigenvalue weighted by atomic mass is 9.96. The number of carbonyl (C=O) groups is 1. The maximum Gasteiger partial charge on any atom is 0.410 e. The molecule has 1 N–H and O–H groups in total. The van der Waals surface area contributed by atoms with Crippen LogP contribution in [0, 0.1) is 0 Å². The van der Waals surface area contributed by atoms with E-state index in [1.165, 1.54) is 0 Å². The molecule has 1 saturated heterocycles. The van der Waals surface area contributed by atoms with E-state index in [9.17, 15) is 4.79 Å². The molecule has 0 radical (unpaired) electrons. The van der Waals surface area contributed by atoms with Crippen molar-refractivity contribution in [2.75, 3.05) is 26.7 Å². The van der Waals surface area contributed by atoms with E-state index in [-0.39, 0.29) is 17.7 Å². The zero-order valence-corrected chi connectivity index (χ0v) is 13.1. The predicted molar refractivity (Wildman–Crippen MR) is 75.3 cm³/mol. The van der Waals surface area contributed by atoms with Crippen molar-refractivity contribution in [3.63, 3.8) is 0 Å². The maximum absolute atomic E-state index is 12.2. The smallest absolute Gasteiger partial charge is 0.410 e. The van der Waals surface area contributed by atoms with Gasteiger partial charge in [-0.05, 0) is 41.0 Å². The van der Waals surface area contributed by atoms with Crippen molar-refractivity contribution in [3.05, 3.63) is 0 Å². The Morgan fingerprint density at radius 3 is 2.47 bits per heavy atom. The fourth-order valence-corrected chi connectivity index (χ4v) is 2.16. The van der Waals surface area contributed by atoms with Crippen LogP contribution in [0.4, 0.5) is 4.79 Å². The Hall–Kier alpha value is -0.810. The number of carbonyl (C=O) groups excluding carboxylic acids is 1. The summed E-state index contributed by atoms with van der Waals surface area (Å²) in [7, 11) is 1.70. The van der Waals surface area contributed by atoms with E-state index >= 15 is 0 Å². The molecule has 0 bridgehead atoms. The Labute approximate surface area is 116 Å². The van der Waals surface area contributed by atoms with E-state index < -0.39 is 5.60 Å². The summed E-state index contributed by atoms with van der Waals surface area (Å²) in [6, 6.07) is 0.110. The summed E-state index contributed by atoms with van der Waals surface area (Å²) in [5.74, 6) is 0. The molecule has 0 saturated carbocycles. The molecule has 0 spiro atoms. The number of hydrogen-bond donors (Lipinski definition) is 1. The van der Waals surface area contributed by atoms with E-state index in [1.807, 2.05) is 39.5 Å². The minimum Gasteiger partial charge on any atom is -0.444 e. The molecule has 5 heteroatoms. The van der Waals surface area contributed by atoms with E-state index in [4.69, 9.17) is 9.47 Å². The molecule has 1 heterocycles. The standard InChI is InChI=1S/C14H28N2O3/c1-13(2,3)19-12(17)16-8-7-15-10-11(16)9-14(4,5)18-6/h11,15H,7-10H2,1-6H3. The fraction of sp³-hybridized carbons (Fsp3) is 0.929. The number of nitrogens with one attached hydrogen (secondary N) is 1. The Kier molecular flexibility index (Phi) is 5.21. The van der Waals surface area contributed by atoms with Gasteiger partial charge in [0.2, 0.25) is 0 Å². The van der Waals surface area contributed by atoms with Crippen LogP contribution in [-0.4, -0.2) is 55.0 Å². The van der Waals surface area contributed by atoms with E-state index in [2.05, 4.69) is 5.32 Å². The van der Waals surface area contributed by atoms with Crippen LogP contribution in [0.15, 0.2) is 0 Å². The largest absolute Gasteiger partial charge is 0.444 e. The highest BCUT2D eigenvalue weighted by molar-refractivity contribution is 5.68. The van der Waals surface area contributed by atoms with Crippen LogP contribution >= 0.6 is 0 Å². The van der Waals surface area contributed by atoms with E-state index in [0.717, 1.165) is 19.5 Å². The molecule has 1 unspecified atom stereocenters. The van der Waals surface area contributed by atoms with Gasteiger partial charge in [0.05, 0.1) is 11.6 Å². The van der Waals surface area contributed by atoms with Crippen LogP contribution in [0.1, 0.15) is 41.0 Å². The summed E-state index contributed by atoms with van der Waals surface area (Å²) in [6.45, 7) is 12.0. The van der Waals surface area contributed by atoms with Gasteiger partial charge in [-0.1, -0.05) is 0 Å². The molecule has 0 aromatic heterocycles. The number of ether oxygens (including phenoxy) is 2. The summed E-state index contributed by atoms with van der Waals surface area (Å²) >= 11 is 0. The topological polar surface area (TPSA) is 50.8 Å². The lowest BCUT2D eigenvalue weighted by Gasteiger charge is -2.40. The summed E-state index contributed by atoms with van der Waals surface area (Å²) < 4.78 is 10.9. The molecule has 112 valence electrons. The van der Waals surface area contributed by atoms with Gasteiger partial charge in [0, 0.05) is 26.7 Å². The molecule has 1 amide bonds. The van der Waals surface area contributed by atoms with E-state index in [1.54, 1.807) is 7.11 Å². The quantitative estimate of drug-likeness (QED) is 0.854. The van der Waals surface area contributed by atoms with Gasteiger partial charge >= 0.3 is 6.09 Å². The Bertz CT molecular complexity index is 310. The molecule has 1 rings (SSSR count). The van der Waals surface area contributed by atoms with Gasteiger partial charge in [-0.25, -0.2) is 4.79 Å². The van der Waals surface area contributed by atoms with Gasteiger partial charge in [0.1, 0.15) is 5.60 Å². The second kappa shape index (κ2) is 6.09. The van der Waals surface area contributed by atoms with Crippen LogP contribution < -0.4 is 5.32 Å². The summed E-state index contributed by atoms with van der Waals surface area (Å²) in [6.07, 6.45) is 0.557. The van der Waals surface area contributed by atoms with Crippen molar-refractivity contribution in [1.29, 1.82) is 0 Å². The van der Waals surface area contributed by atoms with Gasteiger partial charge in [0.25, 0.3) is 0 Å². The van der Waals surface area contributed by atoms with Gasteiger partial charge in [-0.2, -0.15) is 0 Å². The molecule has 0 aromatic rings. The van der Waals surface area contributed by atoms with E-state index in [0.29, 0.717) is 6.54 Å². The molecule has 1 fully saturated rings. The molecular formula is C14H28N2O3. The minimum atomic E-state index is -0.455. The van der Waals surface area contributed by atoms with Crippen LogP contribution in [0.3, 0.4) is 0 Å². The second-order valence-corrected chi connectivity index (χ2v) is 6.70. The molecule has 5 nitrogen and oxygen atoms in total. The molecule has 1 atom stereocenters. The SMILES string of the molecule is COC(C)(C)CC1CNCCN1C(=O)OC(C)(C)C. The van der Waals surface area contributed by atoms with Crippen molar-refractivity contribution >= 4 is 6.09 Å². The molecule has 0 aromatic carbocycles. The van der Waals surface area contributed by atoms with Crippen LogP contribution in [0.25, 0.3) is 0 Å². The monoisotopic (exact) mass is 272 g/mol. The highest BCUT2D eigenvalue weighted by Gasteiger charge is 2.34. The summed E-state index contributed by atoms with van der Waals surface area (Å²) in [5, 5.41) is 3.32. The predicted octanol–water partition coefficient (Wildman–Crippen LogP) is 2.01. The third-order valence-corrected chi connectivity index (χ3v) is 3.26. The Morgan fingerprint density at radius 1 is 1.32 bits per heavy atom. The first kappa shape index (κ1) is 16.2. The number of piperazine rings is 1. The molecular weight excluding hydrogens is 244 g/mol. The van der Waals surface area contributed by atoms with Crippen molar-refractivity contribution in [2.45, 2.75) is 58.3 Å². The zero-order chi connectivity index (χ0) is 14.7. The van der Waals surface area contributed by atoms with Crippen molar-refractivity contribution in [3.8, 4) is 0 Å².